The first-order chi connectivity index (χ1) is 10.8. The highest BCUT2D eigenvalue weighted by Crippen LogP contribution is 2.25. The van der Waals surface area contributed by atoms with Crippen molar-refractivity contribution in [1.82, 2.24) is 14.9 Å². The maximum Gasteiger partial charge on any atom is 0.137 e. The zero-order valence-corrected chi connectivity index (χ0v) is 12.7. The van der Waals surface area contributed by atoms with E-state index in [0.29, 0.717) is 0 Å². The lowest BCUT2D eigenvalue weighted by Crippen LogP contribution is -2.44. The summed E-state index contributed by atoms with van der Waals surface area (Å²) in [6, 6.07) is 14.1. The molecule has 0 atom stereocenters. The number of nitrogens with one attached hydrogen (secondary N) is 1. The molecule has 0 spiro atoms. The van der Waals surface area contributed by atoms with Gasteiger partial charge in [-0.2, -0.15) is 0 Å². The molecular weight excluding hydrogens is 272 g/mol. The fourth-order valence-corrected chi connectivity index (χ4v) is 2.96. The molecule has 2 aromatic heterocycles. The van der Waals surface area contributed by atoms with Gasteiger partial charge < -0.3 is 14.8 Å². The summed E-state index contributed by atoms with van der Waals surface area (Å²) in [6.45, 7) is 4.46. The smallest absolute Gasteiger partial charge is 0.137 e. The van der Waals surface area contributed by atoms with Crippen LogP contribution in [0.5, 0.6) is 0 Å². The van der Waals surface area contributed by atoms with Gasteiger partial charge in [0, 0.05) is 61.3 Å². The van der Waals surface area contributed by atoms with Gasteiger partial charge in [-0.1, -0.05) is 12.1 Å². The third-order valence-corrected chi connectivity index (χ3v) is 4.39. The fourth-order valence-electron chi connectivity index (χ4n) is 2.96. The average Bonchev–Trinajstić information content (AvgIpc) is 3.03. The third-order valence-electron chi connectivity index (χ3n) is 4.39. The molecule has 4 heteroatoms. The Hall–Kier alpha value is -2.33. The topological polar surface area (TPSA) is 35.2 Å². The van der Waals surface area contributed by atoms with Crippen LogP contribution in [-0.2, 0) is 0 Å². The van der Waals surface area contributed by atoms with E-state index in [0.717, 1.165) is 42.8 Å². The van der Waals surface area contributed by atoms with E-state index in [1.54, 1.807) is 6.20 Å². The first kappa shape index (κ1) is 13.3. The lowest BCUT2D eigenvalue weighted by Gasteiger charge is -2.34. The molecule has 4 nitrogen and oxygen atoms in total. The number of pyridine rings is 1. The SMILES string of the molecule is CN1CCN(c2ccc(-c3cnc4[nH]c[c]c4c3)cc2)CC1. The number of aromatic nitrogens is 2. The summed E-state index contributed by atoms with van der Waals surface area (Å²) in [6.07, 6.45) is 3.72. The van der Waals surface area contributed by atoms with Crippen molar-refractivity contribution in [3.05, 3.63) is 48.8 Å². The standard InChI is InChI=1S/C18H19N4/c1-21-8-10-22(11-9-21)17-4-2-14(3-5-17)16-12-15-6-7-19-18(15)20-13-16/h2-5,7,12-13H,8-11H2,1H3,(H,19,20). The van der Waals surface area contributed by atoms with Crippen molar-refractivity contribution in [3.63, 3.8) is 0 Å². The summed E-state index contributed by atoms with van der Waals surface area (Å²) >= 11 is 0. The van der Waals surface area contributed by atoms with Crippen LogP contribution in [0.25, 0.3) is 22.2 Å². The van der Waals surface area contributed by atoms with E-state index in [1.807, 2.05) is 6.20 Å². The highest BCUT2D eigenvalue weighted by Gasteiger charge is 2.14. The molecule has 3 aromatic rings. The minimum absolute atomic E-state index is 0.887. The Morgan fingerprint density at radius 1 is 1.05 bits per heavy atom. The van der Waals surface area contributed by atoms with E-state index in [1.165, 1.54) is 11.3 Å². The number of aromatic amines is 1. The molecule has 1 radical (unpaired) electrons. The molecule has 1 fully saturated rings. The lowest BCUT2D eigenvalue weighted by molar-refractivity contribution is 0.313. The number of hydrogen-bond donors (Lipinski definition) is 1. The van der Waals surface area contributed by atoms with Crippen molar-refractivity contribution in [1.29, 1.82) is 0 Å². The number of benzene rings is 1. The highest BCUT2D eigenvalue weighted by atomic mass is 15.2. The van der Waals surface area contributed by atoms with Gasteiger partial charge in [0.25, 0.3) is 0 Å². The number of nitrogens with zero attached hydrogens (tertiary/aromatic N) is 3. The van der Waals surface area contributed by atoms with Crippen molar-refractivity contribution in [2.24, 2.45) is 0 Å². The Kier molecular flexibility index (Phi) is 3.31. The second-order valence-corrected chi connectivity index (χ2v) is 5.89. The second-order valence-electron chi connectivity index (χ2n) is 5.89. The Bertz CT molecular complexity index is 767. The number of rotatable bonds is 2. The number of piperazine rings is 1. The first-order valence-corrected chi connectivity index (χ1v) is 7.68. The van der Waals surface area contributed by atoms with Crippen molar-refractivity contribution >= 4 is 16.7 Å². The van der Waals surface area contributed by atoms with Crippen LogP contribution in [-0.4, -0.2) is 48.1 Å². The maximum atomic E-state index is 4.44. The molecule has 3 heterocycles. The number of hydrogen-bond acceptors (Lipinski definition) is 3. The number of anilines is 1. The first-order valence-electron chi connectivity index (χ1n) is 7.68. The van der Waals surface area contributed by atoms with Gasteiger partial charge in [-0.3, -0.25) is 0 Å². The van der Waals surface area contributed by atoms with Gasteiger partial charge in [-0.15, -0.1) is 0 Å². The average molecular weight is 291 g/mol. The number of fused-ring (bicyclic) bond motifs is 1. The maximum absolute atomic E-state index is 4.44. The zero-order valence-electron chi connectivity index (χ0n) is 12.7. The van der Waals surface area contributed by atoms with E-state index >= 15 is 0 Å². The quantitative estimate of drug-likeness (QED) is 0.788. The molecule has 4 rings (SSSR count). The highest BCUT2D eigenvalue weighted by molar-refractivity contribution is 5.81. The van der Waals surface area contributed by atoms with Crippen LogP contribution in [0.15, 0.2) is 42.7 Å². The van der Waals surface area contributed by atoms with Crippen molar-refractivity contribution in [2.45, 2.75) is 0 Å². The number of H-pyrrole nitrogens is 1. The molecular formula is C18H19N4. The van der Waals surface area contributed by atoms with E-state index in [-0.39, 0.29) is 0 Å². The molecule has 1 aromatic carbocycles. The number of likely N-dealkylation sites (N-methyl/N-ethyl adjacent to an activating group) is 1. The van der Waals surface area contributed by atoms with Crippen LogP contribution in [0, 0.1) is 6.07 Å². The Morgan fingerprint density at radius 2 is 1.82 bits per heavy atom. The lowest BCUT2D eigenvalue weighted by atomic mass is 10.1. The van der Waals surface area contributed by atoms with Crippen LogP contribution in [0.2, 0.25) is 0 Å². The van der Waals surface area contributed by atoms with E-state index in [4.69, 9.17) is 0 Å². The van der Waals surface area contributed by atoms with Gasteiger partial charge in [0.1, 0.15) is 5.65 Å². The molecule has 1 saturated heterocycles. The Balaban J connectivity index is 1.58. The molecule has 0 unspecified atom stereocenters. The Labute approximate surface area is 130 Å². The van der Waals surface area contributed by atoms with Crippen LogP contribution in [0.3, 0.4) is 0 Å². The summed E-state index contributed by atoms with van der Waals surface area (Å²) < 4.78 is 0. The van der Waals surface area contributed by atoms with Gasteiger partial charge in [-0.25, -0.2) is 4.98 Å². The van der Waals surface area contributed by atoms with Gasteiger partial charge in [0.15, 0.2) is 0 Å². The van der Waals surface area contributed by atoms with Crippen molar-refractivity contribution in [2.75, 3.05) is 38.1 Å². The van der Waals surface area contributed by atoms with E-state index in [9.17, 15) is 0 Å². The van der Waals surface area contributed by atoms with Gasteiger partial charge in [0.2, 0.25) is 0 Å². The van der Waals surface area contributed by atoms with Crippen LogP contribution < -0.4 is 4.90 Å². The van der Waals surface area contributed by atoms with Gasteiger partial charge >= 0.3 is 0 Å². The second kappa shape index (κ2) is 5.46. The normalized spacial score (nSPS) is 16.3. The third kappa shape index (κ3) is 2.46. The van der Waals surface area contributed by atoms with E-state index < -0.39 is 0 Å². The molecule has 0 bridgehead atoms. The molecule has 0 aliphatic carbocycles. The molecule has 1 aliphatic heterocycles. The fraction of sp³-hybridized carbons (Fsp3) is 0.278. The van der Waals surface area contributed by atoms with Crippen molar-refractivity contribution in [3.8, 4) is 11.1 Å². The van der Waals surface area contributed by atoms with Gasteiger partial charge in [0.05, 0.1) is 0 Å². The van der Waals surface area contributed by atoms with Crippen LogP contribution in [0.1, 0.15) is 0 Å². The summed E-state index contributed by atoms with van der Waals surface area (Å²) in [5, 5.41) is 1.03. The minimum Gasteiger partial charge on any atom is -0.369 e. The summed E-state index contributed by atoms with van der Waals surface area (Å²) in [5.41, 5.74) is 4.52. The summed E-state index contributed by atoms with van der Waals surface area (Å²) in [5.74, 6) is 0. The molecule has 22 heavy (non-hydrogen) atoms. The van der Waals surface area contributed by atoms with Gasteiger partial charge in [-0.05, 0) is 30.8 Å². The molecule has 1 N–H and O–H groups in total. The molecule has 1 aliphatic rings. The predicted octanol–water partition coefficient (Wildman–Crippen LogP) is 2.78. The Morgan fingerprint density at radius 3 is 2.59 bits per heavy atom. The van der Waals surface area contributed by atoms with E-state index in [2.05, 4.69) is 63.2 Å². The molecule has 0 saturated carbocycles. The minimum atomic E-state index is 0.887. The monoisotopic (exact) mass is 291 g/mol. The zero-order chi connectivity index (χ0) is 14.9. The predicted molar refractivity (Wildman–Crippen MR) is 90.1 cm³/mol. The molecule has 0 amide bonds. The summed E-state index contributed by atoms with van der Waals surface area (Å²) in [4.78, 5) is 12.3. The van der Waals surface area contributed by atoms with Crippen LogP contribution in [0.4, 0.5) is 5.69 Å². The molecule has 111 valence electrons. The van der Waals surface area contributed by atoms with Crippen LogP contribution >= 0.6 is 0 Å². The van der Waals surface area contributed by atoms with Crippen molar-refractivity contribution < 1.29 is 0 Å². The summed E-state index contributed by atoms with van der Waals surface area (Å²) in [7, 11) is 2.18. The largest absolute Gasteiger partial charge is 0.369 e.